The molecule has 0 aliphatic heterocycles. The normalized spacial score (nSPS) is 10.3. The summed E-state index contributed by atoms with van der Waals surface area (Å²) in [6.45, 7) is 1.48. The molecule has 116 valence electrons. The molecule has 0 spiro atoms. The molecule has 6 N–H and O–H groups in total. The van der Waals surface area contributed by atoms with Crippen LogP contribution in [0.25, 0.3) is 0 Å². The SMILES string of the molecule is CC(=O)c1ccc(NC(=O)CSc2nnc(NN)n2N)cc1. The van der Waals surface area contributed by atoms with Crippen LogP contribution in [0.2, 0.25) is 0 Å². The molecule has 2 aromatic rings. The molecule has 0 aliphatic rings. The van der Waals surface area contributed by atoms with Crippen molar-refractivity contribution in [3.05, 3.63) is 29.8 Å². The van der Waals surface area contributed by atoms with Crippen molar-refractivity contribution in [1.29, 1.82) is 0 Å². The van der Waals surface area contributed by atoms with Gasteiger partial charge in [-0.15, -0.1) is 10.2 Å². The lowest BCUT2D eigenvalue weighted by molar-refractivity contribution is -0.113. The molecule has 0 unspecified atom stereocenters. The lowest BCUT2D eigenvalue weighted by atomic mass is 10.1. The van der Waals surface area contributed by atoms with Gasteiger partial charge in [0.2, 0.25) is 11.1 Å². The molecule has 0 aliphatic carbocycles. The Hall–Kier alpha value is -2.59. The predicted octanol–water partition coefficient (Wildman–Crippen LogP) is 0.211. The van der Waals surface area contributed by atoms with Gasteiger partial charge in [-0.05, 0) is 31.2 Å². The summed E-state index contributed by atoms with van der Waals surface area (Å²) in [5, 5.41) is 10.5. The lowest BCUT2D eigenvalue weighted by Gasteiger charge is -2.05. The number of benzene rings is 1. The van der Waals surface area contributed by atoms with Crippen LogP contribution in [0.4, 0.5) is 11.6 Å². The van der Waals surface area contributed by atoms with E-state index in [1.807, 2.05) is 0 Å². The summed E-state index contributed by atoms with van der Waals surface area (Å²) < 4.78 is 1.15. The highest BCUT2D eigenvalue weighted by Gasteiger charge is 2.11. The van der Waals surface area contributed by atoms with Crippen LogP contribution in [0.15, 0.2) is 29.4 Å². The number of anilines is 2. The van der Waals surface area contributed by atoms with Crippen molar-refractivity contribution in [3.63, 3.8) is 0 Å². The first kappa shape index (κ1) is 15.8. The fourth-order valence-electron chi connectivity index (χ4n) is 1.59. The largest absolute Gasteiger partial charge is 0.334 e. The molecule has 2 rings (SSSR count). The fourth-order valence-corrected chi connectivity index (χ4v) is 2.25. The van der Waals surface area contributed by atoms with E-state index < -0.39 is 0 Å². The average Bonchev–Trinajstić information content (AvgIpc) is 2.86. The minimum atomic E-state index is -0.231. The number of nitrogens with two attached hydrogens (primary N) is 2. The Balaban J connectivity index is 1.90. The number of Topliss-reactive ketones (excluding diaryl/α,β-unsaturated/α-hetero) is 1. The van der Waals surface area contributed by atoms with Crippen LogP contribution in [-0.2, 0) is 4.79 Å². The van der Waals surface area contributed by atoms with E-state index >= 15 is 0 Å². The number of carbonyl (C=O) groups is 2. The van der Waals surface area contributed by atoms with Gasteiger partial charge in [0.25, 0.3) is 5.95 Å². The fraction of sp³-hybridized carbons (Fsp3) is 0.167. The Morgan fingerprint density at radius 2 is 1.95 bits per heavy atom. The monoisotopic (exact) mass is 321 g/mol. The van der Waals surface area contributed by atoms with Crippen LogP contribution in [0, 0.1) is 0 Å². The Morgan fingerprint density at radius 3 is 2.50 bits per heavy atom. The van der Waals surface area contributed by atoms with E-state index in [9.17, 15) is 9.59 Å². The number of amides is 1. The van der Waals surface area contributed by atoms with E-state index in [4.69, 9.17) is 11.7 Å². The maximum Gasteiger partial charge on any atom is 0.258 e. The van der Waals surface area contributed by atoms with Crippen LogP contribution >= 0.6 is 11.8 Å². The Bertz CT molecular complexity index is 683. The van der Waals surface area contributed by atoms with Crippen LogP contribution < -0.4 is 22.4 Å². The number of nitrogen functional groups attached to an aromatic ring is 2. The van der Waals surface area contributed by atoms with Gasteiger partial charge in [-0.1, -0.05) is 11.8 Å². The van der Waals surface area contributed by atoms with Gasteiger partial charge < -0.3 is 11.2 Å². The van der Waals surface area contributed by atoms with Gasteiger partial charge in [-0.25, -0.2) is 10.5 Å². The molecule has 10 heteroatoms. The van der Waals surface area contributed by atoms with E-state index in [0.29, 0.717) is 16.4 Å². The van der Waals surface area contributed by atoms with Gasteiger partial charge in [0.1, 0.15) is 0 Å². The molecule has 9 nitrogen and oxygen atoms in total. The van der Waals surface area contributed by atoms with Gasteiger partial charge in [0.05, 0.1) is 5.75 Å². The summed E-state index contributed by atoms with van der Waals surface area (Å²) >= 11 is 1.12. The number of ketones is 1. The molecule has 0 saturated carbocycles. The van der Waals surface area contributed by atoms with E-state index in [-0.39, 0.29) is 23.4 Å². The van der Waals surface area contributed by atoms with E-state index in [2.05, 4.69) is 20.9 Å². The highest BCUT2D eigenvalue weighted by molar-refractivity contribution is 7.99. The average molecular weight is 321 g/mol. The minimum Gasteiger partial charge on any atom is -0.334 e. The summed E-state index contributed by atoms with van der Waals surface area (Å²) in [6.07, 6.45) is 0. The first-order chi connectivity index (χ1) is 10.5. The number of carbonyl (C=O) groups excluding carboxylic acids is 2. The molecule has 0 fully saturated rings. The van der Waals surface area contributed by atoms with Crippen molar-refractivity contribution < 1.29 is 9.59 Å². The maximum absolute atomic E-state index is 11.9. The molecule has 1 aromatic carbocycles. The molecule has 0 saturated heterocycles. The van der Waals surface area contributed by atoms with Gasteiger partial charge in [0, 0.05) is 11.3 Å². The second kappa shape index (κ2) is 6.91. The Morgan fingerprint density at radius 1 is 1.27 bits per heavy atom. The number of nitrogens with zero attached hydrogens (tertiary/aromatic N) is 3. The van der Waals surface area contributed by atoms with Crippen molar-refractivity contribution in [2.24, 2.45) is 5.84 Å². The summed E-state index contributed by atoms with van der Waals surface area (Å²) in [5.74, 6) is 10.9. The molecule has 1 heterocycles. The molecule has 0 bridgehead atoms. The number of hydrazine groups is 1. The summed E-state index contributed by atoms with van der Waals surface area (Å²) in [5.41, 5.74) is 3.47. The third-order valence-corrected chi connectivity index (χ3v) is 3.64. The summed E-state index contributed by atoms with van der Waals surface area (Å²) in [7, 11) is 0. The number of hydrogen-bond acceptors (Lipinski definition) is 8. The van der Waals surface area contributed by atoms with Crippen molar-refractivity contribution >= 4 is 35.1 Å². The summed E-state index contributed by atoms with van der Waals surface area (Å²) in [4.78, 5) is 23.0. The standard InChI is InChI=1S/C12H15N7O2S/c1-7(20)8-2-4-9(5-3-8)15-10(21)6-22-12-18-17-11(16-13)19(12)14/h2-5H,6,13-14H2,1H3,(H,15,21)(H,16,17). The van der Waals surface area contributed by atoms with E-state index in [1.54, 1.807) is 24.3 Å². The number of aromatic nitrogens is 3. The topological polar surface area (TPSA) is 141 Å². The Labute approximate surface area is 130 Å². The third-order valence-electron chi connectivity index (χ3n) is 2.70. The van der Waals surface area contributed by atoms with Gasteiger partial charge >= 0.3 is 0 Å². The van der Waals surface area contributed by atoms with Crippen LogP contribution in [0.3, 0.4) is 0 Å². The van der Waals surface area contributed by atoms with Crippen LogP contribution in [0.1, 0.15) is 17.3 Å². The first-order valence-corrected chi connectivity index (χ1v) is 7.20. The van der Waals surface area contributed by atoms with E-state index in [1.165, 1.54) is 6.92 Å². The molecule has 22 heavy (non-hydrogen) atoms. The number of hydrogen-bond donors (Lipinski definition) is 4. The van der Waals surface area contributed by atoms with Gasteiger partial charge in [-0.2, -0.15) is 0 Å². The third kappa shape index (κ3) is 3.74. The van der Waals surface area contributed by atoms with Crippen LogP contribution in [0.5, 0.6) is 0 Å². The molecule has 0 radical (unpaired) electrons. The minimum absolute atomic E-state index is 0.0277. The zero-order valence-electron chi connectivity index (χ0n) is 11.7. The molecule has 1 aromatic heterocycles. The van der Waals surface area contributed by atoms with Crippen molar-refractivity contribution in [1.82, 2.24) is 14.9 Å². The smallest absolute Gasteiger partial charge is 0.258 e. The summed E-state index contributed by atoms with van der Waals surface area (Å²) in [6, 6.07) is 6.64. The number of rotatable bonds is 6. The number of nitrogens with one attached hydrogen (secondary N) is 2. The van der Waals surface area contributed by atoms with Gasteiger partial charge in [-0.3, -0.25) is 15.0 Å². The van der Waals surface area contributed by atoms with Crippen molar-refractivity contribution in [2.45, 2.75) is 12.1 Å². The zero-order valence-corrected chi connectivity index (χ0v) is 12.6. The van der Waals surface area contributed by atoms with E-state index in [0.717, 1.165) is 16.4 Å². The lowest BCUT2D eigenvalue weighted by Crippen LogP contribution is -2.19. The molecule has 0 atom stereocenters. The quantitative estimate of drug-likeness (QED) is 0.256. The molecular weight excluding hydrogens is 306 g/mol. The number of thioether (sulfide) groups is 1. The second-order valence-corrected chi connectivity index (χ2v) is 5.23. The molecule has 1 amide bonds. The zero-order chi connectivity index (χ0) is 16.1. The second-order valence-electron chi connectivity index (χ2n) is 4.29. The maximum atomic E-state index is 11.9. The van der Waals surface area contributed by atoms with Gasteiger partial charge in [0.15, 0.2) is 5.78 Å². The van der Waals surface area contributed by atoms with Crippen molar-refractivity contribution in [3.8, 4) is 0 Å². The van der Waals surface area contributed by atoms with Crippen LogP contribution in [-0.4, -0.2) is 32.3 Å². The first-order valence-electron chi connectivity index (χ1n) is 6.22. The predicted molar refractivity (Wildman–Crippen MR) is 83.8 cm³/mol. The highest BCUT2D eigenvalue weighted by atomic mass is 32.2. The highest BCUT2D eigenvalue weighted by Crippen LogP contribution is 2.17. The van der Waals surface area contributed by atoms with Crippen molar-refractivity contribution in [2.75, 3.05) is 22.3 Å². The Kier molecular flexibility index (Phi) is 4.96. The molecular formula is C12H15N7O2S.